The molecule has 0 unspecified atom stereocenters. The summed E-state index contributed by atoms with van der Waals surface area (Å²) in [5, 5.41) is 27.9. The molecular weight excluding hydrogens is 430 g/mol. The molecule has 34 heavy (non-hydrogen) atoms. The number of nitrogen functional groups attached to an aromatic ring is 1. The van der Waals surface area contributed by atoms with Gasteiger partial charge in [-0.3, -0.25) is 0 Å². The van der Waals surface area contributed by atoms with E-state index >= 15 is 0 Å². The van der Waals surface area contributed by atoms with Crippen LogP contribution in [-0.4, -0.2) is 52.9 Å². The van der Waals surface area contributed by atoms with E-state index in [-0.39, 0.29) is 18.6 Å². The summed E-state index contributed by atoms with van der Waals surface area (Å²) in [7, 11) is 0. The van der Waals surface area contributed by atoms with E-state index in [2.05, 4.69) is 86.4 Å². The molecule has 0 aliphatic heterocycles. The lowest BCUT2D eigenvalue weighted by molar-refractivity contribution is 0.267. The Kier molecular flexibility index (Phi) is 6.78. The Hall–Kier alpha value is -3.53. The first-order valence-corrected chi connectivity index (χ1v) is 11.7. The first kappa shape index (κ1) is 23.6. The van der Waals surface area contributed by atoms with Gasteiger partial charge in [-0.15, -0.1) is 10.2 Å². The van der Waals surface area contributed by atoms with Crippen LogP contribution in [0.3, 0.4) is 0 Å². The number of hydrogen-bond acceptors (Lipinski definition) is 8. The summed E-state index contributed by atoms with van der Waals surface area (Å²) in [6, 6.07) is 8.28. The molecule has 3 heterocycles. The summed E-state index contributed by atoms with van der Waals surface area (Å²) in [6.07, 6.45) is 4.93. The maximum absolute atomic E-state index is 9.87. The van der Waals surface area contributed by atoms with Crippen LogP contribution < -0.4 is 11.1 Å². The van der Waals surface area contributed by atoms with E-state index in [9.17, 15) is 5.11 Å². The molecule has 0 bridgehead atoms. The average Bonchev–Trinajstić information content (AvgIpc) is 3.49. The molecule has 0 aliphatic rings. The van der Waals surface area contributed by atoms with E-state index in [1.807, 2.05) is 12.3 Å². The third-order valence-corrected chi connectivity index (χ3v) is 6.41. The number of nitrogens with one attached hydrogen (secondary N) is 2. The molecule has 0 radical (unpaired) electrons. The van der Waals surface area contributed by atoms with E-state index < -0.39 is 5.41 Å². The lowest BCUT2D eigenvalue weighted by atomic mass is 9.82. The number of rotatable bonds is 10. The van der Waals surface area contributed by atoms with E-state index in [0.29, 0.717) is 18.2 Å². The SMILES string of the molecule is CCCC[C@@H](CO)Nc1nc(N)nc2ccn(Cc3cc(C(C)(C)c4nn[nH]n4)ccc3C)c12. The van der Waals surface area contributed by atoms with Gasteiger partial charge in [0.1, 0.15) is 5.52 Å². The number of nitrogens with two attached hydrogens (primary N) is 1. The second-order valence-electron chi connectivity index (χ2n) is 9.28. The molecule has 10 nitrogen and oxygen atoms in total. The number of aromatic nitrogens is 7. The first-order valence-electron chi connectivity index (χ1n) is 11.7. The number of hydrogen-bond donors (Lipinski definition) is 4. The molecule has 0 aliphatic carbocycles. The normalized spacial score (nSPS) is 12.9. The zero-order chi connectivity index (χ0) is 24.3. The van der Waals surface area contributed by atoms with Gasteiger partial charge in [0.25, 0.3) is 0 Å². The first-order chi connectivity index (χ1) is 16.3. The van der Waals surface area contributed by atoms with Crippen LogP contribution in [0, 0.1) is 6.92 Å². The number of nitrogens with zero attached hydrogens (tertiary/aromatic N) is 6. The predicted octanol–water partition coefficient (Wildman–Crippen LogP) is 3.17. The van der Waals surface area contributed by atoms with Crippen molar-refractivity contribution >= 4 is 22.8 Å². The van der Waals surface area contributed by atoms with E-state index in [1.165, 1.54) is 11.1 Å². The molecule has 3 aromatic heterocycles. The van der Waals surface area contributed by atoms with Gasteiger partial charge in [-0.1, -0.05) is 43.2 Å². The molecule has 5 N–H and O–H groups in total. The highest BCUT2D eigenvalue weighted by Gasteiger charge is 2.28. The van der Waals surface area contributed by atoms with Crippen LogP contribution in [0.5, 0.6) is 0 Å². The van der Waals surface area contributed by atoms with Crippen LogP contribution in [0.1, 0.15) is 62.5 Å². The zero-order valence-corrected chi connectivity index (χ0v) is 20.2. The minimum absolute atomic E-state index is 0.0262. The van der Waals surface area contributed by atoms with Crippen molar-refractivity contribution in [2.45, 2.75) is 65.0 Å². The van der Waals surface area contributed by atoms with Gasteiger partial charge in [0.2, 0.25) is 5.95 Å². The van der Waals surface area contributed by atoms with Crippen LogP contribution in [0.2, 0.25) is 0 Å². The monoisotopic (exact) mass is 463 g/mol. The largest absolute Gasteiger partial charge is 0.394 e. The quantitative estimate of drug-likeness (QED) is 0.281. The fourth-order valence-electron chi connectivity index (χ4n) is 4.18. The number of aromatic amines is 1. The van der Waals surface area contributed by atoms with Gasteiger partial charge < -0.3 is 20.7 Å². The Bertz CT molecular complexity index is 1250. The molecule has 1 aromatic carbocycles. The highest BCUT2D eigenvalue weighted by Crippen LogP contribution is 2.31. The molecule has 1 atom stereocenters. The van der Waals surface area contributed by atoms with Crippen molar-refractivity contribution in [2.24, 2.45) is 0 Å². The molecule has 4 rings (SSSR count). The molecule has 10 heteroatoms. The second-order valence-corrected chi connectivity index (χ2v) is 9.28. The summed E-state index contributed by atoms with van der Waals surface area (Å²) in [4.78, 5) is 8.90. The van der Waals surface area contributed by atoms with Crippen molar-refractivity contribution in [1.82, 2.24) is 35.2 Å². The van der Waals surface area contributed by atoms with Crippen LogP contribution in [0.15, 0.2) is 30.5 Å². The standard InChI is InChI=1S/C24H33N9O/c1-5-6-7-18(14-34)26-21-20-19(27-23(25)28-21)10-11-33(20)13-16-12-17(9-8-15(16)2)24(3,4)22-29-31-32-30-22/h8-12,18,34H,5-7,13-14H2,1-4H3,(H3,25,26,27,28)(H,29,30,31,32)/t18-/m0/s1. The molecule has 0 saturated heterocycles. The fraction of sp³-hybridized carbons (Fsp3) is 0.458. The van der Waals surface area contributed by atoms with Crippen molar-refractivity contribution in [1.29, 1.82) is 0 Å². The number of benzene rings is 1. The highest BCUT2D eigenvalue weighted by molar-refractivity contribution is 5.87. The number of tetrazole rings is 1. The third-order valence-electron chi connectivity index (χ3n) is 6.41. The van der Waals surface area contributed by atoms with E-state index in [4.69, 9.17) is 5.73 Å². The topological polar surface area (TPSA) is 143 Å². The van der Waals surface area contributed by atoms with Crippen LogP contribution in [0.4, 0.5) is 11.8 Å². The van der Waals surface area contributed by atoms with Crippen molar-refractivity contribution in [2.75, 3.05) is 17.7 Å². The lowest BCUT2D eigenvalue weighted by Gasteiger charge is -2.23. The van der Waals surface area contributed by atoms with Crippen LogP contribution in [-0.2, 0) is 12.0 Å². The Morgan fingerprint density at radius 3 is 2.76 bits per heavy atom. The average molecular weight is 464 g/mol. The Morgan fingerprint density at radius 1 is 1.24 bits per heavy atom. The number of anilines is 2. The summed E-state index contributed by atoms with van der Waals surface area (Å²) < 4.78 is 2.12. The van der Waals surface area contributed by atoms with Gasteiger partial charge in [-0.2, -0.15) is 10.2 Å². The van der Waals surface area contributed by atoms with E-state index in [1.54, 1.807) is 0 Å². The van der Waals surface area contributed by atoms with Crippen molar-refractivity contribution in [3.05, 3.63) is 53.0 Å². The lowest BCUT2D eigenvalue weighted by Crippen LogP contribution is -2.25. The Balaban J connectivity index is 1.70. The molecule has 0 spiro atoms. The number of H-pyrrole nitrogens is 1. The summed E-state index contributed by atoms with van der Waals surface area (Å²) in [5.41, 5.74) is 10.7. The van der Waals surface area contributed by atoms with Crippen LogP contribution in [0.25, 0.3) is 11.0 Å². The van der Waals surface area contributed by atoms with Gasteiger partial charge in [0.15, 0.2) is 11.6 Å². The molecule has 0 saturated carbocycles. The summed E-state index contributed by atoms with van der Waals surface area (Å²) in [5.74, 6) is 1.50. The van der Waals surface area contributed by atoms with Gasteiger partial charge >= 0.3 is 0 Å². The highest BCUT2D eigenvalue weighted by atomic mass is 16.3. The number of unbranched alkanes of at least 4 members (excludes halogenated alkanes) is 1. The maximum atomic E-state index is 9.87. The zero-order valence-electron chi connectivity index (χ0n) is 20.2. The number of aryl methyl sites for hydroxylation is 1. The number of aliphatic hydroxyl groups is 1. The fourth-order valence-corrected chi connectivity index (χ4v) is 4.18. The minimum Gasteiger partial charge on any atom is -0.394 e. The van der Waals surface area contributed by atoms with Crippen LogP contribution >= 0.6 is 0 Å². The Labute approximate surface area is 199 Å². The smallest absolute Gasteiger partial charge is 0.222 e. The second kappa shape index (κ2) is 9.76. The van der Waals surface area contributed by atoms with E-state index in [0.717, 1.165) is 35.9 Å². The summed E-state index contributed by atoms with van der Waals surface area (Å²) in [6.45, 7) is 9.07. The number of aliphatic hydroxyl groups excluding tert-OH is 1. The van der Waals surface area contributed by atoms with Crippen molar-refractivity contribution < 1.29 is 5.11 Å². The third kappa shape index (κ3) is 4.72. The van der Waals surface area contributed by atoms with Crippen molar-refractivity contribution in [3.8, 4) is 0 Å². The molecular formula is C24H33N9O. The van der Waals surface area contributed by atoms with Gasteiger partial charge in [-0.05, 0) is 49.9 Å². The maximum Gasteiger partial charge on any atom is 0.222 e. The molecule has 4 aromatic rings. The minimum atomic E-state index is -0.397. The molecule has 0 fully saturated rings. The van der Waals surface area contributed by atoms with Gasteiger partial charge in [0, 0.05) is 12.7 Å². The predicted molar refractivity (Wildman–Crippen MR) is 133 cm³/mol. The van der Waals surface area contributed by atoms with Crippen molar-refractivity contribution in [3.63, 3.8) is 0 Å². The summed E-state index contributed by atoms with van der Waals surface area (Å²) >= 11 is 0. The van der Waals surface area contributed by atoms with Gasteiger partial charge in [-0.25, -0.2) is 4.98 Å². The molecule has 0 amide bonds. The Morgan fingerprint density at radius 2 is 2.06 bits per heavy atom. The molecule has 180 valence electrons. The van der Waals surface area contributed by atoms with Gasteiger partial charge in [0.05, 0.1) is 23.6 Å². The number of fused-ring (bicyclic) bond motifs is 1.